The number of hydrogen-bond donors (Lipinski definition) is 1. The van der Waals surface area contributed by atoms with Gasteiger partial charge in [0.15, 0.2) is 0 Å². The molecule has 0 aliphatic carbocycles. The molecule has 3 aromatic rings. The maximum absolute atomic E-state index is 13.5. The van der Waals surface area contributed by atoms with Crippen LogP contribution in [0, 0.1) is 19.7 Å². The summed E-state index contributed by atoms with van der Waals surface area (Å²) in [5.74, 6) is -1.27. The predicted octanol–water partition coefficient (Wildman–Crippen LogP) is 5.40. The van der Waals surface area contributed by atoms with Gasteiger partial charge in [0.2, 0.25) is 0 Å². The number of carbonyl (C=O) groups is 2. The Hall–Kier alpha value is -3.73. The second kappa shape index (κ2) is 8.19. The molecular weight excluding hydrogens is 391 g/mol. The van der Waals surface area contributed by atoms with Gasteiger partial charge in [-0.25, -0.2) is 9.29 Å². The molecule has 1 aliphatic rings. The minimum absolute atomic E-state index is 0.182. The molecule has 0 atom stereocenters. The first-order valence-corrected chi connectivity index (χ1v) is 10.2. The maximum Gasteiger partial charge on any atom is 0.282 e. The Morgan fingerprint density at radius 1 is 0.871 bits per heavy atom. The van der Waals surface area contributed by atoms with Gasteiger partial charge in [0.25, 0.3) is 11.8 Å². The van der Waals surface area contributed by atoms with Crippen LogP contribution < -0.4 is 10.2 Å². The van der Waals surface area contributed by atoms with Gasteiger partial charge in [-0.15, -0.1) is 0 Å². The number of carbonyl (C=O) groups excluding carboxylic acids is 2. The molecule has 3 aromatic carbocycles. The van der Waals surface area contributed by atoms with Crippen molar-refractivity contribution < 1.29 is 14.0 Å². The average molecular weight is 414 g/mol. The highest BCUT2D eigenvalue weighted by atomic mass is 19.1. The van der Waals surface area contributed by atoms with Gasteiger partial charge in [-0.05, 0) is 72.9 Å². The number of aryl methyl sites for hydroxylation is 3. The van der Waals surface area contributed by atoms with Gasteiger partial charge in [-0.2, -0.15) is 0 Å². The molecule has 5 heteroatoms. The van der Waals surface area contributed by atoms with Crippen LogP contribution in [0.4, 0.5) is 15.8 Å². The maximum atomic E-state index is 13.5. The first-order chi connectivity index (χ1) is 14.9. The van der Waals surface area contributed by atoms with Gasteiger partial charge in [-0.1, -0.05) is 43.3 Å². The fraction of sp³-hybridized carbons (Fsp3) is 0.154. The molecule has 0 fully saturated rings. The second-order valence-electron chi connectivity index (χ2n) is 7.67. The smallest absolute Gasteiger partial charge is 0.282 e. The number of benzene rings is 3. The average Bonchev–Trinajstić information content (AvgIpc) is 3.00. The fourth-order valence-electron chi connectivity index (χ4n) is 3.68. The van der Waals surface area contributed by atoms with Crippen LogP contribution in [0.15, 0.2) is 72.4 Å². The SMILES string of the molecule is CCc1ccc(NC2=C(c3ccc(F)cc3)C(=O)N(c3cc(C)ccc3C)C2=O)cc1. The minimum Gasteiger partial charge on any atom is -0.350 e. The van der Waals surface area contributed by atoms with E-state index in [1.165, 1.54) is 34.7 Å². The van der Waals surface area contributed by atoms with Gasteiger partial charge in [0.05, 0.1) is 11.3 Å². The molecule has 0 saturated heterocycles. The lowest BCUT2D eigenvalue weighted by Crippen LogP contribution is -2.33. The standard InChI is InChI=1S/C26H23FN2O2/c1-4-18-7-13-21(14-8-18)28-24-23(19-9-11-20(27)12-10-19)25(30)29(26(24)31)22-15-16(2)5-6-17(22)3/h5-15,28H,4H2,1-3H3. The quantitative estimate of drug-likeness (QED) is 0.569. The number of nitrogens with one attached hydrogen (secondary N) is 1. The van der Waals surface area contributed by atoms with E-state index in [0.717, 1.165) is 17.5 Å². The molecule has 4 rings (SSSR count). The zero-order valence-corrected chi connectivity index (χ0v) is 17.7. The summed E-state index contributed by atoms with van der Waals surface area (Å²) in [5, 5.41) is 3.14. The predicted molar refractivity (Wildman–Crippen MR) is 121 cm³/mol. The van der Waals surface area contributed by atoms with Crippen molar-refractivity contribution >= 4 is 28.8 Å². The van der Waals surface area contributed by atoms with Gasteiger partial charge >= 0.3 is 0 Å². The van der Waals surface area contributed by atoms with Crippen molar-refractivity contribution in [2.45, 2.75) is 27.2 Å². The molecule has 1 N–H and O–H groups in total. The summed E-state index contributed by atoms with van der Waals surface area (Å²) in [6, 6.07) is 19.0. The minimum atomic E-state index is -0.433. The summed E-state index contributed by atoms with van der Waals surface area (Å²) in [6.45, 7) is 5.84. The van der Waals surface area contributed by atoms with E-state index in [0.29, 0.717) is 16.9 Å². The third-order valence-electron chi connectivity index (χ3n) is 5.45. The summed E-state index contributed by atoms with van der Waals surface area (Å²) in [6.07, 6.45) is 0.904. The summed E-state index contributed by atoms with van der Waals surface area (Å²) in [7, 11) is 0. The van der Waals surface area contributed by atoms with Gasteiger partial charge in [0, 0.05) is 5.69 Å². The van der Waals surface area contributed by atoms with Crippen molar-refractivity contribution in [3.8, 4) is 0 Å². The molecular formula is C26H23FN2O2. The van der Waals surface area contributed by atoms with Crippen LogP contribution >= 0.6 is 0 Å². The lowest BCUT2D eigenvalue weighted by molar-refractivity contribution is -0.120. The Balaban J connectivity index is 1.82. The summed E-state index contributed by atoms with van der Waals surface area (Å²) < 4.78 is 13.5. The van der Waals surface area contributed by atoms with Crippen LogP contribution in [0.3, 0.4) is 0 Å². The van der Waals surface area contributed by atoms with Gasteiger partial charge in [-0.3, -0.25) is 9.59 Å². The lowest BCUT2D eigenvalue weighted by Gasteiger charge is -2.18. The molecule has 0 saturated carbocycles. The first-order valence-electron chi connectivity index (χ1n) is 10.2. The number of halogens is 1. The van der Waals surface area contributed by atoms with E-state index in [-0.39, 0.29) is 11.3 Å². The molecule has 4 nitrogen and oxygen atoms in total. The molecule has 1 heterocycles. The number of hydrogen-bond acceptors (Lipinski definition) is 3. The van der Waals surface area contributed by atoms with Crippen LogP contribution in [-0.2, 0) is 16.0 Å². The first kappa shape index (κ1) is 20.5. The van der Waals surface area contributed by atoms with E-state index in [1.807, 2.05) is 56.3 Å². The molecule has 1 aliphatic heterocycles. The third-order valence-corrected chi connectivity index (χ3v) is 5.45. The largest absolute Gasteiger partial charge is 0.350 e. The van der Waals surface area contributed by atoms with E-state index >= 15 is 0 Å². The van der Waals surface area contributed by atoms with E-state index in [1.54, 1.807) is 0 Å². The third kappa shape index (κ3) is 3.87. The van der Waals surface area contributed by atoms with Crippen LogP contribution in [0.5, 0.6) is 0 Å². The number of rotatable bonds is 5. The van der Waals surface area contributed by atoms with Crippen molar-refractivity contribution in [3.63, 3.8) is 0 Å². The zero-order chi connectivity index (χ0) is 22.1. The highest BCUT2D eigenvalue weighted by Crippen LogP contribution is 2.35. The monoisotopic (exact) mass is 414 g/mol. The van der Waals surface area contributed by atoms with Crippen LogP contribution in [-0.4, -0.2) is 11.8 Å². The van der Waals surface area contributed by atoms with Crippen molar-refractivity contribution in [1.82, 2.24) is 0 Å². The van der Waals surface area contributed by atoms with Gasteiger partial charge < -0.3 is 5.32 Å². The summed E-state index contributed by atoms with van der Waals surface area (Å²) in [5.41, 5.74) is 5.08. The normalized spacial score (nSPS) is 13.9. The van der Waals surface area contributed by atoms with Crippen LogP contribution in [0.1, 0.15) is 29.2 Å². The molecule has 0 spiro atoms. The Morgan fingerprint density at radius 3 is 2.19 bits per heavy atom. The Labute approximate surface area is 181 Å². The highest BCUT2D eigenvalue weighted by molar-refractivity contribution is 6.46. The summed E-state index contributed by atoms with van der Waals surface area (Å²) >= 11 is 0. The van der Waals surface area contributed by atoms with E-state index in [9.17, 15) is 14.0 Å². The van der Waals surface area contributed by atoms with Crippen molar-refractivity contribution in [1.29, 1.82) is 0 Å². The topological polar surface area (TPSA) is 49.4 Å². The Bertz CT molecular complexity index is 1200. The number of imide groups is 1. The molecule has 0 bridgehead atoms. The van der Waals surface area contributed by atoms with Crippen molar-refractivity contribution in [3.05, 3.63) is 100 Å². The van der Waals surface area contributed by atoms with E-state index < -0.39 is 17.6 Å². The van der Waals surface area contributed by atoms with E-state index in [4.69, 9.17) is 0 Å². The Kier molecular flexibility index (Phi) is 5.42. The molecule has 0 radical (unpaired) electrons. The fourth-order valence-corrected chi connectivity index (χ4v) is 3.68. The number of anilines is 2. The van der Waals surface area contributed by atoms with Crippen molar-refractivity contribution in [2.75, 3.05) is 10.2 Å². The van der Waals surface area contributed by atoms with E-state index in [2.05, 4.69) is 12.2 Å². The van der Waals surface area contributed by atoms with Crippen LogP contribution in [0.2, 0.25) is 0 Å². The van der Waals surface area contributed by atoms with Crippen molar-refractivity contribution in [2.24, 2.45) is 0 Å². The highest BCUT2D eigenvalue weighted by Gasteiger charge is 2.40. The molecule has 0 aromatic heterocycles. The molecule has 0 unspecified atom stereocenters. The molecule has 2 amide bonds. The second-order valence-corrected chi connectivity index (χ2v) is 7.67. The lowest BCUT2D eigenvalue weighted by atomic mass is 10.0. The van der Waals surface area contributed by atoms with Gasteiger partial charge in [0.1, 0.15) is 11.5 Å². The molecule has 31 heavy (non-hydrogen) atoms. The zero-order valence-electron chi connectivity index (χ0n) is 17.7. The summed E-state index contributed by atoms with van der Waals surface area (Å²) in [4.78, 5) is 28.1. The van der Waals surface area contributed by atoms with Crippen LogP contribution in [0.25, 0.3) is 5.57 Å². The number of amides is 2. The number of nitrogens with zero attached hydrogens (tertiary/aromatic N) is 1. The Morgan fingerprint density at radius 2 is 1.55 bits per heavy atom. The molecule has 156 valence electrons.